The van der Waals surface area contributed by atoms with Crippen LogP contribution in [-0.2, 0) is 0 Å². The van der Waals surface area contributed by atoms with E-state index in [0.29, 0.717) is 22.5 Å². The van der Waals surface area contributed by atoms with Crippen LogP contribution in [0.4, 0.5) is 10.2 Å². The molecule has 2 rings (SSSR count). The van der Waals surface area contributed by atoms with Gasteiger partial charge >= 0.3 is 0 Å². The van der Waals surface area contributed by atoms with E-state index >= 15 is 0 Å². The fourth-order valence-corrected chi connectivity index (χ4v) is 1.69. The van der Waals surface area contributed by atoms with Crippen LogP contribution < -0.4 is 5.73 Å². The highest BCUT2D eigenvalue weighted by molar-refractivity contribution is 9.10. The van der Waals surface area contributed by atoms with Gasteiger partial charge in [0, 0.05) is 15.6 Å². The number of nitrogens with one attached hydrogen (secondary N) is 1. The third kappa shape index (κ3) is 1.63. The van der Waals surface area contributed by atoms with Crippen LogP contribution in [0.3, 0.4) is 0 Å². The lowest BCUT2D eigenvalue weighted by Crippen LogP contribution is -1.92. The Kier molecular flexibility index (Phi) is 2.48. The van der Waals surface area contributed by atoms with Crippen molar-refractivity contribution < 1.29 is 4.39 Å². The van der Waals surface area contributed by atoms with E-state index in [-0.39, 0.29) is 5.82 Å². The van der Waals surface area contributed by atoms with Crippen LogP contribution in [0.15, 0.2) is 22.8 Å². The minimum atomic E-state index is -0.280. The highest BCUT2D eigenvalue weighted by Crippen LogP contribution is 2.31. The SMILES string of the molecule is Cc1c(Br)ccc(-c2cn[nH]c2N)c1F. The van der Waals surface area contributed by atoms with Crippen molar-refractivity contribution in [2.45, 2.75) is 6.92 Å². The van der Waals surface area contributed by atoms with Crippen LogP contribution in [-0.4, -0.2) is 10.2 Å². The van der Waals surface area contributed by atoms with E-state index in [1.54, 1.807) is 19.1 Å². The van der Waals surface area contributed by atoms with Gasteiger partial charge in [0.2, 0.25) is 0 Å². The summed E-state index contributed by atoms with van der Waals surface area (Å²) in [6.07, 6.45) is 1.51. The van der Waals surface area contributed by atoms with Gasteiger partial charge in [-0.25, -0.2) is 4.39 Å². The van der Waals surface area contributed by atoms with Gasteiger partial charge in [-0.3, -0.25) is 5.10 Å². The van der Waals surface area contributed by atoms with Crippen LogP contribution in [0.1, 0.15) is 5.56 Å². The van der Waals surface area contributed by atoms with Crippen molar-refractivity contribution in [3.05, 3.63) is 34.2 Å². The lowest BCUT2D eigenvalue weighted by molar-refractivity contribution is 0.621. The van der Waals surface area contributed by atoms with Crippen molar-refractivity contribution in [1.82, 2.24) is 10.2 Å². The second-order valence-corrected chi connectivity index (χ2v) is 4.09. The summed E-state index contributed by atoms with van der Waals surface area (Å²) in [5.41, 5.74) is 7.24. The second kappa shape index (κ2) is 3.66. The molecule has 0 spiro atoms. The molecule has 5 heteroatoms. The Morgan fingerprint density at radius 2 is 2.13 bits per heavy atom. The smallest absolute Gasteiger partial charge is 0.135 e. The standard InChI is InChI=1S/C10H9BrFN3/c1-5-8(11)3-2-6(9(5)12)7-4-14-15-10(7)13/h2-4H,1H3,(H3,13,14,15). The Morgan fingerprint density at radius 3 is 2.73 bits per heavy atom. The fraction of sp³-hybridized carbons (Fsp3) is 0.100. The quantitative estimate of drug-likeness (QED) is 0.837. The van der Waals surface area contributed by atoms with Crippen LogP contribution >= 0.6 is 15.9 Å². The summed E-state index contributed by atoms with van der Waals surface area (Å²) < 4.78 is 14.6. The maximum absolute atomic E-state index is 13.9. The summed E-state index contributed by atoms with van der Waals surface area (Å²) in [5.74, 6) is 0.0908. The topological polar surface area (TPSA) is 54.7 Å². The zero-order valence-electron chi connectivity index (χ0n) is 8.01. The Hall–Kier alpha value is -1.36. The van der Waals surface area contributed by atoms with Crippen LogP contribution in [0, 0.1) is 12.7 Å². The van der Waals surface area contributed by atoms with E-state index in [2.05, 4.69) is 26.1 Å². The largest absolute Gasteiger partial charge is 0.384 e. The molecular weight excluding hydrogens is 261 g/mol. The van der Waals surface area contributed by atoms with Gasteiger partial charge in [-0.15, -0.1) is 0 Å². The van der Waals surface area contributed by atoms with E-state index in [9.17, 15) is 4.39 Å². The molecule has 0 aliphatic rings. The van der Waals surface area contributed by atoms with Crippen molar-refractivity contribution in [2.24, 2.45) is 0 Å². The first-order valence-electron chi connectivity index (χ1n) is 4.35. The predicted molar refractivity (Wildman–Crippen MR) is 60.8 cm³/mol. The Morgan fingerprint density at radius 1 is 1.40 bits per heavy atom. The van der Waals surface area contributed by atoms with Crippen molar-refractivity contribution in [2.75, 3.05) is 5.73 Å². The van der Waals surface area contributed by atoms with E-state index < -0.39 is 0 Å². The molecule has 0 fully saturated rings. The number of H-pyrrole nitrogens is 1. The summed E-state index contributed by atoms with van der Waals surface area (Å²) in [7, 11) is 0. The molecule has 15 heavy (non-hydrogen) atoms. The van der Waals surface area contributed by atoms with Gasteiger partial charge in [-0.2, -0.15) is 5.10 Å². The first-order chi connectivity index (χ1) is 7.11. The number of anilines is 1. The Bertz CT molecular complexity index is 507. The maximum Gasteiger partial charge on any atom is 0.135 e. The summed E-state index contributed by atoms with van der Waals surface area (Å²) in [4.78, 5) is 0. The number of nitrogens with two attached hydrogens (primary N) is 1. The molecule has 1 heterocycles. The van der Waals surface area contributed by atoms with E-state index in [0.717, 1.165) is 4.47 Å². The number of nitrogen functional groups attached to an aromatic ring is 1. The molecule has 0 bridgehead atoms. The molecule has 0 saturated carbocycles. The fourth-order valence-electron chi connectivity index (χ4n) is 1.38. The third-order valence-corrected chi connectivity index (χ3v) is 3.14. The van der Waals surface area contributed by atoms with Gasteiger partial charge < -0.3 is 5.73 Å². The molecule has 3 N–H and O–H groups in total. The van der Waals surface area contributed by atoms with Gasteiger partial charge in [0.25, 0.3) is 0 Å². The molecule has 0 aliphatic heterocycles. The first kappa shape index (κ1) is 10.2. The van der Waals surface area contributed by atoms with Crippen molar-refractivity contribution in [1.29, 1.82) is 0 Å². The monoisotopic (exact) mass is 269 g/mol. The highest BCUT2D eigenvalue weighted by Gasteiger charge is 2.13. The molecule has 0 atom stereocenters. The number of rotatable bonds is 1. The first-order valence-corrected chi connectivity index (χ1v) is 5.14. The average Bonchev–Trinajstić information content (AvgIpc) is 2.62. The van der Waals surface area contributed by atoms with Crippen molar-refractivity contribution >= 4 is 21.7 Å². The minimum Gasteiger partial charge on any atom is -0.384 e. The molecule has 78 valence electrons. The summed E-state index contributed by atoms with van der Waals surface area (Å²) in [6, 6.07) is 3.47. The van der Waals surface area contributed by atoms with Gasteiger partial charge in [-0.05, 0) is 18.6 Å². The highest BCUT2D eigenvalue weighted by atomic mass is 79.9. The molecule has 3 nitrogen and oxygen atoms in total. The van der Waals surface area contributed by atoms with Crippen LogP contribution in [0.25, 0.3) is 11.1 Å². The number of aromatic amines is 1. The van der Waals surface area contributed by atoms with E-state index in [4.69, 9.17) is 5.73 Å². The summed E-state index contributed by atoms with van der Waals surface area (Å²) in [5, 5.41) is 6.34. The number of hydrogen-bond donors (Lipinski definition) is 2. The molecule has 0 unspecified atom stereocenters. The summed E-state index contributed by atoms with van der Waals surface area (Å²) in [6.45, 7) is 1.71. The average molecular weight is 270 g/mol. The summed E-state index contributed by atoms with van der Waals surface area (Å²) >= 11 is 3.27. The molecule has 0 amide bonds. The molecule has 1 aromatic carbocycles. The zero-order valence-corrected chi connectivity index (χ0v) is 9.60. The molecule has 1 aromatic heterocycles. The maximum atomic E-state index is 13.9. The number of benzene rings is 1. The van der Waals surface area contributed by atoms with Crippen molar-refractivity contribution in [3.63, 3.8) is 0 Å². The van der Waals surface area contributed by atoms with E-state index in [1.165, 1.54) is 6.20 Å². The number of nitrogens with zero attached hydrogens (tertiary/aromatic N) is 1. The van der Waals surface area contributed by atoms with Gasteiger partial charge in [-0.1, -0.05) is 22.0 Å². The Labute approximate surface area is 94.6 Å². The third-order valence-electron chi connectivity index (χ3n) is 2.28. The lowest BCUT2D eigenvalue weighted by Gasteiger charge is -2.06. The van der Waals surface area contributed by atoms with E-state index in [1.807, 2.05) is 0 Å². The second-order valence-electron chi connectivity index (χ2n) is 3.23. The van der Waals surface area contributed by atoms with Gasteiger partial charge in [0.15, 0.2) is 0 Å². The van der Waals surface area contributed by atoms with Crippen LogP contribution in [0.2, 0.25) is 0 Å². The molecule has 0 aliphatic carbocycles. The molecule has 2 aromatic rings. The number of aromatic nitrogens is 2. The van der Waals surface area contributed by atoms with Gasteiger partial charge in [0.1, 0.15) is 11.6 Å². The zero-order chi connectivity index (χ0) is 11.0. The molecular formula is C10H9BrFN3. The number of hydrogen-bond acceptors (Lipinski definition) is 2. The van der Waals surface area contributed by atoms with Crippen molar-refractivity contribution in [3.8, 4) is 11.1 Å². The predicted octanol–water partition coefficient (Wildman–Crippen LogP) is 2.87. The molecule has 0 saturated heterocycles. The lowest BCUT2D eigenvalue weighted by atomic mass is 10.1. The number of halogens is 2. The normalized spacial score (nSPS) is 10.6. The van der Waals surface area contributed by atoms with Gasteiger partial charge in [0.05, 0.1) is 6.20 Å². The van der Waals surface area contributed by atoms with Crippen LogP contribution in [0.5, 0.6) is 0 Å². The Balaban J connectivity index is 2.65. The minimum absolute atomic E-state index is 0.280. The molecule has 0 radical (unpaired) electrons.